The van der Waals surface area contributed by atoms with Crippen LogP contribution >= 0.6 is 0 Å². The van der Waals surface area contributed by atoms with E-state index in [1.807, 2.05) is 13.0 Å². The fourth-order valence-corrected chi connectivity index (χ4v) is 1.52. The van der Waals surface area contributed by atoms with Crippen molar-refractivity contribution in [2.45, 2.75) is 39.2 Å². The average Bonchev–Trinajstić information content (AvgIpc) is 1.86. The van der Waals surface area contributed by atoms with Gasteiger partial charge in [-0.2, -0.15) is 0 Å². The highest BCUT2D eigenvalue weighted by molar-refractivity contribution is 5.06. The molecule has 0 fully saturated rings. The van der Waals surface area contributed by atoms with E-state index >= 15 is 0 Å². The standard InChI is InChI=1S/C10H18O/c1-8(2)9-4-6-10(3,11)7-5-9/h4,6,8-9,11H,5,7H2,1-3H3/t9?,10-/m0/s1. The lowest BCUT2D eigenvalue weighted by Gasteiger charge is -2.29. The first-order valence-electron chi connectivity index (χ1n) is 4.43. The average molecular weight is 154 g/mol. The maximum Gasteiger partial charge on any atom is 0.0800 e. The fourth-order valence-electron chi connectivity index (χ4n) is 1.52. The molecule has 64 valence electrons. The van der Waals surface area contributed by atoms with Crippen LogP contribution in [0, 0.1) is 11.8 Å². The van der Waals surface area contributed by atoms with Gasteiger partial charge in [0, 0.05) is 0 Å². The Balaban J connectivity index is 2.56. The van der Waals surface area contributed by atoms with Crippen LogP contribution in [0.1, 0.15) is 33.6 Å². The Bertz CT molecular complexity index is 156. The summed E-state index contributed by atoms with van der Waals surface area (Å²) in [5, 5.41) is 9.59. The van der Waals surface area contributed by atoms with Crippen LogP contribution in [0.5, 0.6) is 0 Å². The third-order valence-electron chi connectivity index (χ3n) is 2.54. The van der Waals surface area contributed by atoms with Gasteiger partial charge in [-0.25, -0.2) is 0 Å². The molecule has 0 aliphatic heterocycles. The molecule has 1 N–H and O–H groups in total. The summed E-state index contributed by atoms with van der Waals surface area (Å²) < 4.78 is 0. The van der Waals surface area contributed by atoms with Gasteiger partial charge in [0.05, 0.1) is 5.60 Å². The third kappa shape index (κ3) is 2.33. The van der Waals surface area contributed by atoms with Crippen molar-refractivity contribution in [1.82, 2.24) is 0 Å². The molecule has 0 amide bonds. The highest BCUT2D eigenvalue weighted by Gasteiger charge is 2.24. The zero-order valence-electron chi connectivity index (χ0n) is 7.67. The third-order valence-corrected chi connectivity index (χ3v) is 2.54. The van der Waals surface area contributed by atoms with Crippen molar-refractivity contribution in [2.75, 3.05) is 0 Å². The number of aliphatic hydroxyl groups is 1. The van der Waals surface area contributed by atoms with E-state index in [0.717, 1.165) is 12.8 Å². The molecular formula is C10H18O. The maximum atomic E-state index is 9.59. The summed E-state index contributed by atoms with van der Waals surface area (Å²) in [6.07, 6.45) is 6.14. The summed E-state index contributed by atoms with van der Waals surface area (Å²) in [5.41, 5.74) is -0.536. The van der Waals surface area contributed by atoms with E-state index in [-0.39, 0.29) is 0 Å². The van der Waals surface area contributed by atoms with Crippen molar-refractivity contribution in [3.05, 3.63) is 12.2 Å². The molecule has 1 unspecified atom stereocenters. The fraction of sp³-hybridized carbons (Fsp3) is 0.800. The second-order valence-electron chi connectivity index (χ2n) is 4.16. The van der Waals surface area contributed by atoms with E-state index in [2.05, 4.69) is 19.9 Å². The Morgan fingerprint density at radius 1 is 1.55 bits per heavy atom. The normalized spacial score (nSPS) is 38.1. The van der Waals surface area contributed by atoms with Gasteiger partial charge in [-0.3, -0.25) is 0 Å². The van der Waals surface area contributed by atoms with E-state index in [1.54, 1.807) is 0 Å². The summed E-state index contributed by atoms with van der Waals surface area (Å²) in [6.45, 7) is 6.34. The molecule has 1 aliphatic rings. The molecule has 0 aromatic rings. The molecule has 1 nitrogen and oxygen atoms in total. The summed E-state index contributed by atoms with van der Waals surface area (Å²) >= 11 is 0. The highest BCUT2D eigenvalue weighted by atomic mass is 16.3. The Kier molecular flexibility index (Phi) is 2.38. The molecule has 0 spiro atoms. The topological polar surface area (TPSA) is 20.2 Å². The predicted molar refractivity (Wildman–Crippen MR) is 47.3 cm³/mol. The highest BCUT2D eigenvalue weighted by Crippen LogP contribution is 2.29. The molecule has 1 rings (SSSR count). The lowest BCUT2D eigenvalue weighted by Crippen LogP contribution is -2.26. The summed E-state index contributed by atoms with van der Waals surface area (Å²) in [7, 11) is 0. The van der Waals surface area contributed by atoms with Crippen molar-refractivity contribution in [3.63, 3.8) is 0 Å². The predicted octanol–water partition coefficient (Wildman–Crippen LogP) is 2.36. The lowest BCUT2D eigenvalue weighted by atomic mass is 9.81. The van der Waals surface area contributed by atoms with Crippen LogP contribution in [0.3, 0.4) is 0 Å². The number of hydrogen-bond donors (Lipinski definition) is 1. The van der Waals surface area contributed by atoms with Crippen molar-refractivity contribution < 1.29 is 5.11 Å². The van der Waals surface area contributed by atoms with Gasteiger partial charge >= 0.3 is 0 Å². The molecular weight excluding hydrogens is 136 g/mol. The first kappa shape index (κ1) is 8.79. The van der Waals surface area contributed by atoms with Crippen molar-refractivity contribution in [3.8, 4) is 0 Å². The van der Waals surface area contributed by atoms with E-state index in [4.69, 9.17) is 0 Å². The van der Waals surface area contributed by atoms with Crippen LogP contribution in [-0.2, 0) is 0 Å². The zero-order valence-corrected chi connectivity index (χ0v) is 7.67. The number of rotatable bonds is 1. The molecule has 2 atom stereocenters. The van der Waals surface area contributed by atoms with Crippen LogP contribution in [0.2, 0.25) is 0 Å². The Hall–Kier alpha value is -0.300. The Morgan fingerprint density at radius 3 is 2.55 bits per heavy atom. The summed E-state index contributed by atoms with van der Waals surface area (Å²) in [6, 6.07) is 0. The smallest absolute Gasteiger partial charge is 0.0800 e. The molecule has 0 saturated carbocycles. The van der Waals surface area contributed by atoms with Crippen LogP contribution in [0.25, 0.3) is 0 Å². The quantitative estimate of drug-likeness (QED) is 0.575. The van der Waals surface area contributed by atoms with Gasteiger partial charge in [-0.1, -0.05) is 26.0 Å². The van der Waals surface area contributed by atoms with Gasteiger partial charge in [0.2, 0.25) is 0 Å². The second-order valence-corrected chi connectivity index (χ2v) is 4.16. The Morgan fingerprint density at radius 2 is 2.18 bits per heavy atom. The molecule has 0 aromatic carbocycles. The van der Waals surface area contributed by atoms with Gasteiger partial charge < -0.3 is 5.11 Å². The number of hydrogen-bond acceptors (Lipinski definition) is 1. The number of allylic oxidation sites excluding steroid dienone is 1. The van der Waals surface area contributed by atoms with Gasteiger partial charge in [-0.05, 0) is 31.6 Å². The molecule has 0 aromatic heterocycles. The van der Waals surface area contributed by atoms with Crippen LogP contribution in [0.4, 0.5) is 0 Å². The minimum absolute atomic E-state index is 0.536. The minimum Gasteiger partial charge on any atom is -0.386 e. The molecule has 0 saturated heterocycles. The van der Waals surface area contributed by atoms with E-state index in [0.29, 0.717) is 11.8 Å². The van der Waals surface area contributed by atoms with Crippen molar-refractivity contribution in [2.24, 2.45) is 11.8 Å². The second kappa shape index (κ2) is 2.98. The molecule has 1 heteroatoms. The van der Waals surface area contributed by atoms with Gasteiger partial charge in [0.25, 0.3) is 0 Å². The monoisotopic (exact) mass is 154 g/mol. The van der Waals surface area contributed by atoms with Crippen LogP contribution in [-0.4, -0.2) is 10.7 Å². The molecule has 0 bridgehead atoms. The lowest BCUT2D eigenvalue weighted by molar-refractivity contribution is 0.0845. The molecule has 0 radical (unpaired) electrons. The first-order chi connectivity index (χ1) is 5.01. The van der Waals surface area contributed by atoms with Crippen LogP contribution < -0.4 is 0 Å². The van der Waals surface area contributed by atoms with Gasteiger partial charge in [0.15, 0.2) is 0 Å². The van der Waals surface area contributed by atoms with Gasteiger partial charge in [-0.15, -0.1) is 0 Å². The molecule has 1 aliphatic carbocycles. The van der Waals surface area contributed by atoms with Crippen molar-refractivity contribution >= 4 is 0 Å². The van der Waals surface area contributed by atoms with E-state index < -0.39 is 5.60 Å². The van der Waals surface area contributed by atoms with E-state index in [1.165, 1.54) is 0 Å². The zero-order chi connectivity index (χ0) is 8.48. The summed E-state index contributed by atoms with van der Waals surface area (Å²) in [4.78, 5) is 0. The van der Waals surface area contributed by atoms with Crippen LogP contribution in [0.15, 0.2) is 12.2 Å². The first-order valence-corrected chi connectivity index (χ1v) is 4.43. The Labute approximate surface area is 69.1 Å². The minimum atomic E-state index is -0.536. The van der Waals surface area contributed by atoms with E-state index in [9.17, 15) is 5.11 Å². The SMILES string of the molecule is CC(C)C1C=C[C@](C)(O)CC1. The van der Waals surface area contributed by atoms with Gasteiger partial charge in [0.1, 0.15) is 0 Å². The largest absolute Gasteiger partial charge is 0.386 e. The van der Waals surface area contributed by atoms with Crippen molar-refractivity contribution in [1.29, 1.82) is 0 Å². The molecule has 11 heavy (non-hydrogen) atoms. The maximum absolute atomic E-state index is 9.59. The summed E-state index contributed by atoms with van der Waals surface area (Å²) in [5.74, 6) is 1.39. The molecule has 0 heterocycles.